The van der Waals surface area contributed by atoms with Crippen LogP contribution in [0.5, 0.6) is 5.75 Å². The SMILES string of the molecule is CC1(CNC(=O)c2cccc([N+](=O)[O-])c2O)CCCS1. The number of phenols is 1. The summed E-state index contributed by atoms with van der Waals surface area (Å²) >= 11 is 1.81. The fourth-order valence-electron chi connectivity index (χ4n) is 2.20. The first-order valence-electron chi connectivity index (χ1n) is 6.31. The fourth-order valence-corrected chi connectivity index (χ4v) is 3.45. The maximum Gasteiger partial charge on any atom is 0.311 e. The molecule has 1 saturated heterocycles. The number of nitro groups is 1. The number of carbonyl (C=O) groups is 1. The number of para-hydroxylation sites is 1. The van der Waals surface area contributed by atoms with Gasteiger partial charge in [0.15, 0.2) is 0 Å². The number of nitrogens with zero attached hydrogens (tertiary/aromatic N) is 1. The molecule has 0 bridgehead atoms. The van der Waals surface area contributed by atoms with Crippen LogP contribution in [0.4, 0.5) is 5.69 Å². The number of nitrogens with one attached hydrogen (secondary N) is 1. The van der Waals surface area contributed by atoms with Crippen molar-refractivity contribution in [2.45, 2.75) is 24.5 Å². The Kier molecular flexibility index (Phi) is 4.17. The minimum absolute atomic E-state index is 0.00595. The topological polar surface area (TPSA) is 92.5 Å². The normalized spacial score (nSPS) is 21.6. The van der Waals surface area contributed by atoms with E-state index in [1.165, 1.54) is 18.2 Å². The first-order valence-corrected chi connectivity index (χ1v) is 7.30. The molecule has 2 rings (SSSR count). The molecule has 0 spiro atoms. The van der Waals surface area contributed by atoms with E-state index in [0.717, 1.165) is 18.6 Å². The van der Waals surface area contributed by atoms with E-state index < -0.39 is 22.3 Å². The van der Waals surface area contributed by atoms with Gasteiger partial charge in [0.25, 0.3) is 5.91 Å². The highest BCUT2D eigenvalue weighted by molar-refractivity contribution is 8.00. The van der Waals surface area contributed by atoms with Crippen molar-refractivity contribution in [3.8, 4) is 5.75 Å². The average Bonchev–Trinajstić information content (AvgIpc) is 2.83. The van der Waals surface area contributed by atoms with Crippen LogP contribution in [0.15, 0.2) is 18.2 Å². The number of benzene rings is 1. The molecule has 7 heteroatoms. The first-order chi connectivity index (χ1) is 9.43. The van der Waals surface area contributed by atoms with Gasteiger partial charge in [0.1, 0.15) is 0 Å². The van der Waals surface area contributed by atoms with Crippen LogP contribution < -0.4 is 5.32 Å². The lowest BCUT2D eigenvalue weighted by molar-refractivity contribution is -0.385. The zero-order valence-electron chi connectivity index (χ0n) is 11.1. The molecule has 1 aromatic rings. The Morgan fingerprint density at radius 3 is 2.95 bits per heavy atom. The summed E-state index contributed by atoms with van der Waals surface area (Å²) < 4.78 is 0.00595. The third kappa shape index (κ3) is 3.04. The molecule has 0 radical (unpaired) electrons. The molecule has 1 aromatic carbocycles. The summed E-state index contributed by atoms with van der Waals surface area (Å²) in [6.45, 7) is 2.57. The highest BCUT2D eigenvalue weighted by Crippen LogP contribution is 2.37. The number of rotatable bonds is 4. The quantitative estimate of drug-likeness (QED) is 0.657. The fraction of sp³-hybridized carbons (Fsp3) is 0.462. The van der Waals surface area contributed by atoms with Crippen molar-refractivity contribution in [3.63, 3.8) is 0 Å². The Morgan fingerprint density at radius 1 is 1.60 bits per heavy atom. The maximum absolute atomic E-state index is 12.0. The van der Waals surface area contributed by atoms with E-state index in [2.05, 4.69) is 12.2 Å². The van der Waals surface area contributed by atoms with E-state index in [1.54, 1.807) is 0 Å². The molecular formula is C13H16N2O4S. The molecule has 1 atom stereocenters. The van der Waals surface area contributed by atoms with Gasteiger partial charge in [-0.2, -0.15) is 11.8 Å². The van der Waals surface area contributed by atoms with Crippen LogP contribution >= 0.6 is 11.8 Å². The summed E-state index contributed by atoms with van der Waals surface area (Å²) in [7, 11) is 0. The number of amides is 1. The van der Waals surface area contributed by atoms with Gasteiger partial charge in [-0.25, -0.2) is 0 Å². The predicted molar refractivity (Wildman–Crippen MR) is 77.2 cm³/mol. The van der Waals surface area contributed by atoms with E-state index >= 15 is 0 Å². The summed E-state index contributed by atoms with van der Waals surface area (Å²) in [6, 6.07) is 3.93. The van der Waals surface area contributed by atoms with Crippen molar-refractivity contribution in [2.24, 2.45) is 0 Å². The van der Waals surface area contributed by atoms with E-state index in [0.29, 0.717) is 6.54 Å². The lowest BCUT2D eigenvalue weighted by atomic mass is 10.1. The van der Waals surface area contributed by atoms with Crippen LogP contribution in [-0.4, -0.2) is 33.0 Å². The molecule has 108 valence electrons. The number of nitro benzene ring substituents is 1. The number of carbonyl (C=O) groups excluding carboxylic acids is 1. The second-order valence-electron chi connectivity index (χ2n) is 5.02. The summed E-state index contributed by atoms with van der Waals surface area (Å²) in [5, 5.41) is 23.2. The van der Waals surface area contributed by atoms with Crippen molar-refractivity contribution in [3.05, 3.63) is 33.9 Å². The molecule has 1 heterocycles. The highest BCUT2D eigenvalue weighted by Gasteiger charge is 2.30. The molecule has 1 unspecified atom stereocenters. The Balaban J connectivity index is 2.09. The van der Waals surface area contributed by atoms with Crippen LogP contribution in [0.3, 0.4) is 0 Å². The molecule has 0 aromatic heterocycles. The summed E-state index contributed by atoms with van der Waals surface area (Å²) in [5.74, 6) is 0.00758. The summed E-state index contributed by atoms with van der Waals surface area (Å²) in [4.78, 5) is 22.1. The molecule has 0 aliphatic carbocycles. The van der Waals surface area contributed by atoms with E-state index in [1.807, 2.05) is 11.8 Å². The summed E-state index contributed by atoms with van der Waals surface area (Å²) in [5.41, 5.74) is -0.523. The number of hydrogen-bond acceptors (Lipinski definition) is 5. The monoisotopic (exact) mass is 296 g/mol. The molecular weight excluding hydrogens is 280 g/mol. The van der Waals surface area contributed by atoms with Gasteiger partial charge in [-0.15, -0.1) is 0 Å². The van der Waals surface area contributed by atoms with E-state index in [9.17, 15) is 20.0 Å². The molecule has 1 aliphatic rings. The van der Waals surface area contributed by atoms with Crippen LogP contribution in [0.2, 0.25) is 0 Å². The molecule has 1 fully saturated rings. The standard InChI is InChI=1S/C13H16N2O4S/c1-13(6-3-7-20-13)8-14-12(17)9-4-2-5-10(11(9)16)15(18)19/h2,4-5,16H,3,6-8H2,1H3,(H,14,17). The van der Waals surface area contributed by atoms with Crippen molar-refractivity contribution >= 4 is 23.4 Å². The van der Waals surface area contributed by atoms with Gasteiger partial charge in [-0.1, -0.05) is 6.07 Å². The number of hydrogen-bond donors (Lipinski definition) is 2. The minimum atomic E-state index is -0.708. The Hall–Kier alpha value is -1.76. The van der Waals surface area contributed by atoms with Crippen molar-refractivity contribution in [1.82, 2.24) is 5.32 Å². The summed E-state index contributed by atoms with van der Waals surface area (Å²) in [6.07, 6.45) is 2.15. The molecule has 0 saturated carbocycles. The van der Waals surface area contributed by atoms with Crippen LogP contribution in [0, 0.1) is 10.1 Å². The predicted octanol–water partition coefficient (Wildman–Crippen LogP) is 2.32. The second-order valence-corrected chi connectivity index (χ2v) is 6.70. The van der Waals surface area contributed by atoms with E-state index in [4.69, 9.17) is 0 Å². The van der Waals surface area contributed by atoms with Crippen LogP contribution in [-0.2, 0) is 0 Å². The van der Waals surface area contributed by atoms with Gasteiger partial charge in [0, 0.05) is 17.4 Å². The number of thioether (sulfide) groups is 1. The smallest absolute Gasteiger partial charge is 0.311 e. The van der Waals surface area contributed by atoms with Gasteiger partial charge < -0.3 is 10.4 Å². The Bertz CT molecular complexity index is 541. The third-order valence-corrected chi connectivity index (χ3v) is 4.92. The molecule has 20 heavy (non-hydrogen) atoms. The maximum atomic E-state index is 12.0. The molecule has 1 amide bonds. The zero-order valence-corrected chi connectivity index (χ0v) is 11.9. The van der Waals surface area contributed by atoms with Gasteiger partial charge in [0.2, 0.25) is 5.75 Å². The number of aromatic hydroxyl groups is 1. The molecule has 2 N–H and O–H groups in total. The molecule has 1 aliphatic heterocycles. The number of phenolic OH excluding ortho intramolecular Hbond substituents is 1. The Labute approximate surface area is 120 Å². The second kappa shape index (κ2) is 5.70. The highest BCUT2D eigenvalue weighted by atomic mass is 32.2. The van der Waals surface area contributed by atoms with Crippen molar-refractivity contribution in [2.75, 3.05) is 12.3 Å². The van der Waals surface area contributed by atoms with Gasteiger partial charge in [0.05, 0.1) is 10.5 Å². The molecule has 6 nitrogen and oxygen atoms in total. The largest absolute Gasteiger partial charge is 0.502 e. The van der Waals surface area contributed by atoms with Crippen LogP contribution in [0.25, 0.3) is 0 Å². The van der Waals surface area contributed by atoms with Gasteiger partial charge in [-0.05, 0) is 31.6 Å². The van der Waals surface area contributed by atoms with Gasteiger partial charge >= 0.3 is 5.69 Å². The third-order valence-electron chi connectivity index (χ3n) is 3.38. The van der Waals surface area contributed by atoms with Crippen molar-refractivity contribution in [1.29, 1.82) is 0 Å². The lowest BCUT2D eigenvalue weighted by Crippen LogP contribution is -2.36. The van der Waals surface area contributed by atoms with Crippen LogP contribution in [0.1, 0.15) is 30.1 Å². The lowest BCUT2D eigenvalue weighted by Gasteiger charge is -2.22. The Morgan fingerprint density at radius 2 is 2.35 bits per heavy atom. The van der Waals surface area contributed by atoms with E-state index in [-0.39, 0.29) is 10.3 Å². The minimum Gasteiger partial charge on any atom is -0.502 e. The van der Waals surface area contributed by atoms with Gasteiger partial charge in [-0.3, -0.25) is 14.9 Å². The average molecular weight is 296 g/mol. The van der Waals surface area contributed by atoms with Crippen molar-refractivity contribution < 1.29 is 14.8 Å². The first kappa shape index (κ1) is 14.6. The zero-order chi connectivity index (χ0) is 14.8.